The molecule has 2 aliphatic rings. The summed E-state index contributed by atoms with van der Waals surface area (Å²) in [7, 11) is 0. The van der Waals surface area contributed by atoms with Gasteiger partial charge in [0.15, 0.2) is 0 Å². The second-order valence-electron chi connectivity index (χ2n) is 4.53. The van der Waals surface area contributed by atoms with Gasteiger partial charge in [-0.25, -0.2) is 0 Å². The van der Waals surface area contributed by atoms with Gasteiger partial charge in [0.1, 0.15) is 0 Å². The maximum Gasteiger partial charge on any atom is 0.0639 e. The van der Waals surface area contributed by atoms with Gasteiger partial charge >= 0.3 is 0 Å². The van der Waals surface area contributed by atoms with Crippen molar-refractivity contribution >= 4 is 0 Å². The number of aliphatic hydroxyl groups excluding tert-OH is 1. The molecule has 0 spiro atoms. The molecule has 0 aliphatic carbocycles. The summed E-state index contributed by atoms with van der Waals surface area (Å²) >= 11 is 0. The Kier molecular flexibility index (Phi) is 2.86. The SMILES string of the molecule is C[C@@H](O)CN1C[C@@H]2CCCN[C@@H]2C1. The number of likely N-dealkylation sites (tertiary alicyclic amines) is 1. The lowest BCUT2D eigenvalue weighted by Gasteiger charge is -2.24. The molecule has 3 heteroatoms. The molecule has 2 saturated heterocycles. The van der Waals surface area contributed by atoms with Gasteiger partial charge in [0.25, 0.3) is 0 Å². The Morgan fingerprint density at radius 3 is 3.08 bits per heavy atom. The molecule has 2 heterocycles. The predicted octanol–water partition coefficient (Wildman–Crippen LogP) is 0.0510. The standard InChI is InChI=1S/C10H20N2O/c1-8(13)5-12-6-9-3-2-4-11-10(9)7-12/h8-11,13H,2-7H2,1H3/t8-,9+,10-/m1/s1. The third kappa shape index (κ3) is 2.22. The number of rotatable bonds is 2. The van der Waals surface area contributed by atoms with Gasteiger partial charge in [-0.15, -0.1) is 0 Å². The average molecular weight is 184 g/mol. The van der Waals surface area contributed by atoms with Gasteiger partial charge < -0.3 is 10.4 Å². The van der Waals surface area contributed by atoms with E-state index in [1.165, 1.54) is 25.9 Å². The van der Waals surface area contributed by atoms with Crippen molar-refractivity contribution in [2.24, 2.45) is 5.92 Å². The third-order valence-electron chi connectivity index (χ3n) is 3.20. The van der Waals surface area contributed by atoms with Gasteiger partial charge in [-0.1, -0.05) is 0 Å². The van der Waals surface area contributed by atoms with Crippen molar-refractivity contribution in [2.75, 3.05) is 26.2 Å². The van der Waals surface area contributed by atoms with Crippen LogP contribution in [0.2, 0.25) is 0 Å². The predicted molar refractivity (Wildman–Crippen MR) is 52.6 cm³/mol. The Balaban J connectivity index is 1.84. The fourth-order valence-electron chi connectivity index (χ4n) is 2.66. The van der Waals surface area contributed by atoms with E-state index in [2.05, 4.69) is 10.2 Å². The molecule has 0 radical (unpaired) electrons. The molecule has 0 aromatic carbocycles. The van der Waals surface area contributed by atoms with Crippen LogP contribution in [0.3, 0.4) is 0 Å². The van der Waals surface area contributed by atoms with Gasteiger partial charge in [0, 0.05) is 25.7 Å². The number of nitrogens with one attached hydrogen (secondary N) is 1. The van der Waals surface area contributed by atoms with Crippen molar-refractivity contribution in [2.45, 2.75) is 31.9 Å². The van der Waals surface area contributed by atoms with E-state index in [1.54, 1.807) is 0 Å². The number of hydrogen-bond donors (Lipinski definition) is 2. The topological polar surface area (TPSA) is 35.5 Å². The second-order valence-corrected chi connectivity index (χ2v) is 4.53. The number of fused-ring (bicyclic) bond motifs is 1. The van der Waals surface area contributed by atoms with Crippen molar-refractivity contribution in [3.8, 4) is 0 Å². The van der Waals surface area contributed by atoms with Crippen LogP contribution < -0.4 is 5.32 Å². The van der Waals surface area contributed by atoms with E-state index in [4.69, 9.17) is 0 Å². The van der Waals surface area contributed by atoms with Crippen LogP contribution in [-0.2, 0) is 0 Å². The molecule has 3 atom stereocenters. The zero-order valence-electron chi connectivity index (χ0n) is 8.37. The number of β-amino-alcohol motifs (C(OH)–C–C–N with tert-alkyl or cyclic N) is 1. The van der Waals surface area contributed by atoms with E-state index in [9.17, 15) is 5.11 Å². The van der Waals surface area contributed by atoms with Crippen molar-refractivity contribution in [3.63, 3.8) is 0 Å². The van der Waals surface area contributed by atoms with Gasteiger partial charge in [0.05, 0.1) is 6.10 Å². The Hall–Kier alpha value is -0.120. The zero-order chi connectivity index (χ0) is 9.26. The second kappa shape index (κ2) is 3.95. The molecule has 2 rings (SSSR count). The summed E-state index contributed by atoms with van der Waals surface area (Å²) in [6.45, 7) is 6.21. The zero-order valence-corrected chi connectivity index (χ0v) is 8.37. The average Bonchev–Trinajstić information content (AvgIpc) is 2.44. The largest absolute Gasteiger partial charge is 0.392 e. The molecule has 13 heavy (non-hydrogen) atoms. The summed E-state index contributed by atoms with van der Waals surface area (Å²) in [6.07, 6.45) is 2.51. The fraction of sp³-hybridized carbons (Fsp3) is 1.00. The fourth-order valence-corrected chi connectivity index (χ4v) is 2.66. The van der Waals surface area contributed by atoms with Gasteiger partial charge in [-0.2, -0.15) is 0 Å². The Labute approximate surface area is 80.1 Å². The highest BCUT2D eigenvalue weighted by molar-refractivity contribution is 4.91. The maximum atomic E-state index is 9.28. The minimum absolute atomic E-state index is 0.180. The lowest BCUT2D eigenvalue weighted by Crippen LogP contribution is -2.41. The first-order chi connectivity index (χ1) is 6.25. The highest BCUT2D eigenvalue weighted by Crippen LogP contribution is 2.24. The quantitative estimate of drug-likeness (QED) is 0.636. The minimum Gasteiger partial charge on any atom is -0.392 e. The molecule has 2 N–H and O–H groups in total. The monoisotopic (exact) mass is 184 g/mol. The summed E-state index contributed by atoms with van der Waals surface area (Å²) in [5.41, 5.74) is 0. The van der Waals surface area contributed by atoms with E-state index < -0.39 is 0 Å². The molecule has 0 aromatic heterocycles. The van der Waals surface area contributed by atoms with Crippen LogP contribution in [-0.4, -0.2) is 48.3 Å². The molecule has 0 aromatic rings. The Morgan fingerprint density at radius 1 is 1.54 bits per heavy atom. The van der Waals surface area contributed by atoms with Crippen LogP contribution in [0.15, 0.2) is 0 Å². The summed E-state index contributed by atoms with van der Waals surface area (Å²) in [6, 6.07) is 0.701. The normalized spacial score (nSPS) is 37.4. The molecule has 0 unspecified atom stereocenters. The van der Waals surface area contributed by atoms with E-state index in [-0.39, 0.29) is 6.10 Å². The molecular weight excluding hydrogens is 164 g/mol. The molecule has 0 bridgehead atoms. The van der Waals surface area contributed by atoms with Crippen molar-refractivity contribution < 1.29 is 5.11 Å². The summed E-state index contributed by atoms with van der Waals surface area (Å²) in [5, 5.41) is 12.8. The summed E-state index contributed by atoms with van der Waals surface area (Å²) in [5.74, 6) is 0.840. The number of nitrogens with zero attached hydrogens (tertiary/aromatic N) is 1. The maximum absolute atomic E-state index is 9.28. The first-order valence-corrected chi connectivity index (χ1v) is 5.39. The molecule has 3 nitrogen and oxygen atoms in total. The lowest BCUT2D eigenvalue weighted by molar-refractivity contribution is 0.138. The summed E-state index contributed by atoms with van der Waals surface area (Å²) in [4.78, 5) is 2.39. The van der Waals surface area contributed by atoms with Gasteiger partial charge in [0.2, 0.25) is 0 Å². The van der Waals surface area contributed by atoms with E-state index in [1.807, 2.05) is 6.92 Å². The molecule has 0 amide bonds. The van der Waals surface area contributed by atoms with Crippen LogP contribution >= 0.6 is 0 Å². The van der Waals surface area contributed by atoms with Crippen LogP contribution in [0, 0.1) is 5.92 Å². The van der Waals surface area contributed by atoms with E-state index in [0.717, 1.165) is 19.0 Å². The molecule has 2 aliphatic heterocycles. The van der Waals surface area contributed by atoms with Crippen LogP contribution in [0.4, 0.5) is 0 Å². The smallest absolute Gasteiger partial charge is 0.0639 e. The third-order valence-corrected chi connectivity index (χ3v) is 3.20. The van der Waals surface area contributed by atoms with Crippen LogP contribution in [0.5, 0.6) is 0 Å². The molecule has 76 valence electrons. The highest BCUT2D eigenvalue weighted by Gasteiger charge is 2.34. The van der Waals surface area contributed by atoms with Gasteiger partial charge in [-0.3, -0.25) is 4.90 Å². The van der Waals surface area contributed by atoms with Crippen molar-refractivity contribution in [1.82, 2.24) is 10.2 Å². The molecule has 0 saturated carbocycles. The highest BCUT2D eigenvalue weighted by atomic mass is 16.3. The lowest BCUT2D eigenvalue weighted by atomic mass is 9.94. The molecule has 2 fully saturated rings. The van der Waals surface area contributed by atoms with E-state index in [0.29, 0.717) is 6.04 Å². The van der Waals surface area contributed by atoms with Crippen LogP contribution in [0.1, 0.15) is 19.8 Å². The van der Waals surface area contributed by atoms with Crippen molar-refractivity contribution in [3.05, 3.63) is 0 Å². The van der Waals surface area contributed by atoms with Gasteiger partial charge in [-0.05, 0) is 32.2 Å². The Morgan fingerprint density at radius 2 is 2.38 bits per heavy atom. The van der Waals surface area contributed by atoms with Crippen LogP contribution in [0.25, 0.3) is 0 Å². The van der Waals surface area contributed by atoms with E-state index >= 15 is 0 Å². The number of aliphatic hydroxyl groups is 1. The number of hydrogen-bond acceptors (Lipinski definition) is 3. The summed E-state index contributed by atoms with van der Waals surface area (Å²) < 4.78 is 0. The van der Waals surface area contributed by atoms with Crippen molar-refractivity contribution in [1.29, 1.82) is 0 Å². The minimum atomic E-state index is -0.180. The molecular formula is C10H20N2O. The first kappa shape index (κ1) is 9.44. The number of piperidine rings is 1. The first-order valence-electron chi connectivity index (χ1n) is 5.39. The Bertz CT molecular complexity index is 158.